The second-order valence-corrected chi connectivity index (χ2v) is 10.4. The van der Waals surface area contributed by atoms with Crippen molar-refractivity contribution in [3.8, 4) is 5.75 Å². The molecule has 2 aromatic rings. The van der Waals surface area contributed by atoms with Crippen molar-refractivity contribution >= 4 is 17.9 Å². The lowest BCUT2D eigenvalue weighted by Gasteiger charge is -2.44. The van der Waals surface area contributed by atoms with Crippen LogP contribution in [0.1, 0.15) is 62.6 Å². The SMILES string of the molecule is CCCCO[C@@H]1C[C@@]2(c3ccc(Cl)c(Cc4ccc(OC(F)(F)F)cc4)c3)OC[C@](C=O)(O2)[C@H]1OCCCC. The molecule has 0 amide bonds. The maximum absolute atomic E-state index is 12.5. The zero-order valence-electron chi connectivity index (χ0n) is 22.1. The molecule has 2 aliphatic heterocycles. The highest BCUT2D eigenvalue weighted by molar-refractivity contribution is 6.31. The van der Waals surface area contributed by atoms with E-state index in [2.05, 4.69) is 18.6 Å². The minimum absolute atomic E-state index is 0.0273. The largest absolute Gasteiger partial charge is 0.573 e. The molecule has 2 heterocycles. The van der Waals surface area contributed by atoms with Crippen molar-refractivity contribution in [1.82, 2.24) is 0 Å². The van der Waals surface area contributed by atoms with Crippen molar-refractivity contribution in [3.63, 3.8) is 0 Å². The fraction of sp³-hybridized carbons (Fsp3) is 0.552. The summed E-state index contributed by atoms with van der Waals surface area (Å²) in [5.41, 5.74) is 0.842. The summed E-state index contributed by atoms with van der Waals surface area (Å²) in [6.07, 6.45) is -0.683. The molecular weight excluding hydrogens is 537 g/mol. The molecule has 0 radical (unpaired) electrons. The van der Waals surface area contributed by atoms with Crippen LogP contribution in [-0.2, 0) is 35.9 Å². The molecule has 2 saturated heterocycles. The summed E-state index contributed by atoms with van der Waals surface area (Å²) >= 11 is 6.51. The van der Waals surface area contributed by atoms with E-state index in [9.17, 15) is 18.0 Å². The maximum atomic E-state index is 12.5. The Bertz CT molecular complexity index is 1110. The van der Waals surface area contributed by atoms with Gasteiger partial charge in [-0.05, 0) is 54.7 Å². The quantitative estimate of drug-likeness (QED) is 0.196. The predicted molar refractivity (Wildman–Crippen MR) is 139 cm³/mol. The molecule has 4 atom stereocenters. The van der Waals surface area contributed by atoms with Gasteiger partial charge in [0.25, 0.3) is 0 Å². The zero-order chi connectivity index (χ0) is 28.1. The summed E-state index contributed by atoms with van der Waals surface area (Å²) < 4.78 is 66.6. The number of halogens is 4. The average molecular weight is 571 g/mol. The van der Waals surface area contributed by atoms with Gasteiger partial charge in [-0.2, -0.15) is 0 Å². The summed E-state index contributed by atoms with van der Waals surface area (Å²) in [6, 6.07) is 11.0. The van der Waals surface area contributed by atoms with Gasteiger partial charge >= 0.3 is 6.36 Å². The predicted octanol–water partition coefficient (Wildman–Crippen LogP) is 6.74. The van der Waals surface area contributed by atoms with Crippen LogP contribution in [0.5, 0.6) is 5.75 Å². The van der Waals surface area contributed by atoms with Crippen LogP contribution < -0.4 is 4.74 Å². The van der Waals surface area contributed by atoms with Gasteiger partial charge in [0.15, 0.2) is 17.7 Å². The van der Waals surface area contributed by atoms with E-state index in [1.165, 1.54) is 12.1 Å². The molecule has 39 heavy (non-hydrogen) atoms. The monoisotopic (exact) mass is 570 g/mol. The van der Waals surface area contributed by atoms with E-state index in [-0.39, 0.29) is 12.4 Å². The Morgan fingerprint density at radius 2 is 1.74 bits per heavy atom. The molecule has 0 aromatic heterocycles. The smallest absolute Gasteiger partial charge is 0.406 e. The molecule has 6 nitrogen and oxygen atoms in total. The first-order valence-electron chi connectivity index (χ1n) is 13.3. The van der Waals surface area contributed by atoms with Crippen LogP contribution in [0.4, 0.5) is 13.2 Å². The third-order valence-corrected chi connectivity index (χ3v) is 7.41. The Morgan fingerprint density at radius 3 is 2.38 bits per heavy atom. The van der Waals surface area contributed by atoms with Crippen molar-refractivity contribution < 1.29 is 41.7 Å². The summed E-state index contributed by atoms with van der Waals surface area (Å²) in [5.74, 6) is -1.53. The van der Waals surface area contributed by atoms with Crippen molar-refractivity contribution in [3.05, 3.63) is 64.2 Å². The topological polar surface area (TPSA) is 63.2 Å². The summed E-state index contributed by atoms with van der Waals surface area (Å²) in [7, 11) is 0. The Labute approximate surface area is 231 Å². The Balaban J connectivity index is 1.59. The number of fused-ring (bicyclic) bond motifs is 2. The van der Waals surface area contributed by atoms with E-state index < -0.39 is 30.0 Å². The van der Waals surface area contributed by atoms with Gasteiger partial charge in [-0.25, -0.2) is 0 Å². The summed E-state index contributed by atoms with van der Waals surface area (Å²) in [5, 5.41) is 0.484. The molecule has 214 valence electrons. The first-order valence-corrected chi connectivity index (χ1v) is 13.7. The molecule has 2 aromatic carbocycles. The first-order chi connectivity index (χ1) is 18.6. The molecular formula is C29H34ClF3O6. The molecule has 0 unspecified atom stereocenters. The maximum Gasteiger partial charge on any atom is 0.573 e. The lowest BCUT2D eigenvalue weighted by Crippen LogP contribution is -2.60. The van der Waals surface area contributed by atoms with Crippen LogP contribution in [-0.4, -0.2) is 50.3 Å². The van der Waals surface area contributed by atoms with Gasteiger partial charge in [0.1, 0.15) is 11.9 Å². The van der Waals surface area contributed by atoms with Crippen LogP contribution in [0.2, 0.25) is 5.02 Å². The van der Waals surface area contributed by atoms with Crippen LogP contribution >= 0.6 is 11.6 Å². The number of aldehydes is 1. The van der Waals surface area contributed by atoms with Gasteiger partial charge < -0.3 is 23.7 Å². The second kappa shape index (κ2) is 12.6. The second-order valence-electron chi connectivity index (χ2n) is 10.0. The van der Waals surface area contributed by atoms with Gasteiger partial charge in [0.2, 0.25) is 0 Å². The van der Waals surface area contributed by atoms with Gasteiger partial charge in [-0.3, -0.25) is 4.79 Å². The first kappa shape index (κ1) is 29.8. The van der Waals surface area contributed by atoms with Crippen molar-refractivity contribution in [1.29, 1.82) is 0 Å². The fourth-order valence-electron chi connectivity index (χ4n) is 5.01. The van der Waals surface area contributed by atoms with Crippen molar-refractivity contribution in [2.24, 2.45) is 0 Å². The van der Waals surface area contributed by atoms with E-state index in [0.29, 0.717) is 36.6 Å². The van der Waals surface area contributed by atoms with Crippen LogP contribution in [0.15, 0.2) is 42.5 Å². The van der Waals surface area contributed by atoms with Gasteiger partial charge in [-0.1, -0.05) is 56.5 Å². The van der Waals surface area contributed by atoms with Crippen LogP contribution in [0.3, 0.4) is 0 Å². The fourth-order valence-corrected chi connectivity index (χ4v) is 5.20. The highest BCUT2D eigenvalue weighted by atomic mass is 35.5. The molecule has 2 aliphatic rings. The highest BCUT2D eigenvalue weighted by Gasteiger charge is 2.64. The molecule has 2 bridgehead atoms. The number of hydrogen-bond acceptors (Lipinski definition) is 6. The zero-order valence-corrected chi connectivity index (χ0v) is 22.9. The number of ether oxygens (including phenoxy) is 5. The van der Waals surface area contributed by atoms with E-state index in [0.717, 1.165) is 43.1 Å². The minimum Gasteiger partial charge on any atom is -0.406 e. The molecule has 0 spiro atoms. The van der Waals surface area contributed by atoms with Gasteiger partial charge in [0.05, 0.1) is 12.7 Å². The third kappa shape index (κ3) is 6.95. The molecule has 4 rings (SSSR count). The van der Waals surface area contributed by atoms with Crippen molar-refractivity contribution in [2.45, 2.75) is 82.3 Å². The van der Waals surface area contributed by atoms with Gasteiger partial charge in [0, 0.05) is 30.2 Å². The third-order valence-electron chi connectivity index (χ3n) is 7.04. The summed E-state index contributed by atoms with van der Waals surface area (Å²) in [4.78, 5) is 12.5. The van der Waals surface area contributed by atoms with Gasteiger partial charge in [-0.15, -0.1) is 13.2 Å². The standard InChI is InChI=1S/C29H34ClF3O6/c1-3-5-13-35-25-17-28(37-19-27(18-34,39-28)26(25)36-14-6-4-2)22-9-12-24(30)21(16-22)15-20-7-10-23(11-8-20)38-29(31,32)33/h7-12,16,18,25-26H,3-6,13-15,17,19H2,1-2H3/t25-,26+,27+,28-/m1/s1. The molecule has 0 saturated carbocycles. The number of rotatable bonds is 13. The van der Waals surface area contributed by atoms with E-state index in [1.807, 2.05) is 6.07 Å². The lowest BCUT2D eigenvalue weighted by molar-refractivity contribution is -0.280. The molecule has 2 fully saturated rings. The molecule has 0 aliphatic carbocycles. The van der Waals surface area contributed by atoms with E-state index in [1.54, 1.807) is 24.3 Å². The highest BCUT2D eigenvalue weighted by Crippen LogP contribution is 2.51. The Morgan fingerprint density at radius 1 is 1.05 bits per heavy atom. The van der Waals surface area contributed by atoms with E-state index in [4.69, 9.17) is 30.5 Å². The molecule has 0 N–H and O–H groups in total. The average Bonchev–Trinajstić information content (AvgIpc) is 3.23. The molecule has 10 heteroatoms. The Kier molecular flexibility index (Phi) is 9.60. The number of unbranched alkanes of at least 4 members (excludes halogenated alkanes) is 2. The minimum atomic E-state index is -4.76. The summed E-state index contributed by atoms with van der Waals surface area (Å²) in [6.45, 7) is 5.19. The number of carbonyl (C=O) groups is 1. The number of benzene rings is 2. The number of alkyl halides is 3. The normalized spacial score (nSPS) is 26.5. The van der Waals surface area contributed by atoms with Crippen LogP contribution in [0.25, 0.3) is 0 Å². The van der Waals surface area contributed by atoms with Crippen LogP contribution in [0, 0.1) is 0 Å². The number of carbonyl (C=O) groups excluding carboxylic acids is 1. The lowest BCUT2D eigenvalue weighted by atomic mass is 9.85. The Hall–Kier alpha value is -2.17. The van der Waals surface area contributed by atoms with E-state index >= 15 is 0 Å². The van der Waals surface area contributed by atoms with Crippen molar-refractivity contribution in [2.75, 3.05) is 19.8 Å². The number of hydrogen-bond donors (Lipinski definition) is 0.